The summed E-state index contributed by atoms with van der Waals surface area (Å²) in [5.41, 5.74) is 3.67. The van der Waals surface area contributed by atoms with Crippen molar-refractivity contribution in [1.82, 2.24) is 14.9 Å². The van der Waals surface area contributed by atoms with E-state index in [2.05, 4.69) is 22.9 Å². The average Bonchev–Trinajstić information content (AvgIpc) is 2.50. The van der Waals surface area contributed by atoms with Crippen molar-refractivity contribution in [3.05, 3.63) is 58.1 Å². The summed E-state index contributed by atoms with van der Waals surface area (Å²) < 4.78 is 0. The molecule has 1 aromatic carbocycles. The molecule has 21 heavy (non-hydrogen) atoms. The fraction of sp³-hybridized carbons (Fsp3) is 0.412. The molecule has 1 aliphatic heterocycles. The number of nitrogens with zero attached hydrogens (tertiary/aromatic N) is 3. The molecule has 3 rings (SSSR count). The molecular weight excluding hydrogens is 282 g/mol. The summed E-state index contributed by atoms with van der Waals surface area (Å²) in [6.07, 6.45) is 5.07. The fourth-order valence-electron chi connectivity index (χ4n) is 2.76. The highest BCUT2D eigenvalue weighted by Crippen LogP contribution is 2.22. The Labute approximate surface area is 131 Å². The molecule has 3 nitrogen and oxygen atoms in total. The maximum atomic E-state index is 6.25. The second-order valence-electron chi connectivity index (χ2n) is 5.56. The number of hydrogen-bond acceptors (Lipinski definition) is 3. The van der Waals surface area contributed by atoms with Crippen LogP contribution in [0.25, 0.3) is 0 Å². The minimum Gasteiger partial charge on any atom is -0.294 e. The number of rotatable bonds is 4. The van der Waals surface area contributed by atoms with E-state index in [9.17, 15) is 0 Å². The summed E-state index contributed by atoms with van der Waals surface area (Å²) >= 11 is 6.25. The summed E-state index contributed by atoms with van der Waals surface area (Å²) in [7, 11) is 0. The predicted octanol–water partition coefficient (Wildman–Crippen LogP) is 3.64. The molecule has 0 N–H and O–H groups in total. The highest BCUT2D eigenvalue weighted by atomic mass is 35.5. The van der Waals surface area contributed by atoms with Crippen LogP contribution in [0.1, 0.15) is 36.0 Å². The lowest BCUT2D eigenvalue weighted by Gasteiger charge is -2.28. The highest BCUT2D eigenvalue weighted by molar-refractivity contribution is 6.31. The maximum absolute atomic E-state index is 6.25. The molecule has 0 fully saturated rings. The van der Waals surface area contributed by atoms with Crippen LogP contribution in [0.2, 0.25) is 5.02 Å². The first-order valence-corrected chi connectivity index (χ1v) is 7.93. The summed E-state index contributed by atoms with van der Waals surface area (Å²) in [6.45, 7) is 4.98. The van der Waals surface area contributed by atoms with Gasteiger partial charge < -0.3 is 0 Å². The molecule has 0 spiro atoms. The van der Waals surface area contributed by atoms with Gasteiger partial charge in [-0.25, -0.2) is 9.97 Å². The Morgan fingerprint density at radius 2 is 2.14 bits per heavy atom. The van der Waals surface area contributed by atoms with Crippen LogP contribution in [0.3, 0.4) is 0 Å². The monoisotopic (exact) mass is 301 g/mol. The minimum absolute atomic E-state index is 0.845. The molecule has 0 aliphatic carbocycles. The van der Waals surface area contributed by atoms with Crippen molar-refractivity contribution in [2.75, 3.05) is 6.54 Å². The van der Waals surface area contributed by atoms with Crippen LogP contribution in [0, 0.1) is 0 Å². The van der Waals surface area contributed by atoms with Crippen LogP contribution in [0.5, 0.6) is 0 Å². The summed E-state index contributed by atoms with van der Waals surface area (Å²) in [4.78, 5) is 11.6. The van der Waals surface area contributed by atoms with Crippen LogP contribution in [0.4, 0.5) is 0 Å². The molecule has 2 heterocycles. The minimum atomic E-state index is 0.845. The van der Waals surface area contributed by atoms with Gasteiger partial charge in [0.1, 0.15) is 5.82 Å². The second-order valence-corrected chi connectivity index (χ2v) is 5.97. The van der Waals surface area contributed by atoms with Gasteiger partial charge in [0, 0.05) is 55.0 Å². The third-order valence-corrected chi connectivity index (χ3v) is 4.26. The first-order valence-electron chi connectivity index (χ1n) is 7.55. The Hall–Kier alpha value is -1.45. The Bertz CT molecular complexity index is 627. The lowest BCUT2D eigenvalue weighted by Crippen LogP contribution is -2.31. The van der Waals surface area contributed by atoms with Gasteiger partial charge in [0.05, 0.1) is 0 Å². The highest BCUT2D eigenvalue weighted by Gasteiger charge is 2.19. The average molecular weight is 302 g/mol. The van der Waals surface area contributed by atoms with Crippen LogP contribution in [-0.2, 0) is 25.9 Å². The first-order chi connectivity index (χ1) is 10.3. The zero-order valence-electron chi connectivity index (χ0n) is 12.3. The Morgan fingerprint density at radius 3 is 2.95 bits per heavy atom. The lowest BCUT2D eigenvalue weighted by atomic mass is 10.1. The molecule has 0 saturated heterocycles. The van der Waals surface area contributed by atoms with E-state index in [1.165, 1.54) is 16.8 Å². The smallest absolute Gasteiger partial charge is 0.128 e. The van der Waals surface area contributed by atoms with Crippen LogP contribution in [0.15, 0.2) is 30.5 Å². The Morgan fingerprint density at radius 1 is 1.29 bits per heavy atom. The quantitative estimate of drug-likeness (QED) is 0.863. The van der Waals surface area contributed by atoms with Crippen molar-refractivity contribution < 1.29 is 0 Å². The van der Waals surface area contributed by atoms with Crippen molar-refractivity contribution in [2.45, 2.75) is 39.3 Å². The molecule has 0 saturated carbocycles. The van der Waals surface area contributed by atoms with Crippen LogP contribution >= 0.6 is 11.6 Å². The predicted molar refractivity (Wildman–Crippen MR) is 85.3 cm³/mol. The van der Waals surface area contributed by atoms with Crippen molar-refractivity contribution in [2.24, 2.45) is 0 Å². The third-order valence-electron chi connectivity index (χ3n) is 3.89. The van der Waals surface area contributed by atoms with E-state index in [-0.39, 0.29) is 0 Å². The van der Waals surface area contributed by atoms with Gasteiger partial charge in [0.25, 0.3) is 0 Å². The van der Waals surface area contributed by atoms with Gasteiger partial charge in [0.2, 0.25) is 0 Å². The zero-order valence-corrected chi connectivity index (χ0v) is 13.1. The standard InChI is InChI=1S/C17H20ClN3/c1-2-5-17-19-10-14-12-21(9-8-16(14)20-17)11-13-6-3-4-7-15(13)18/h3-4,6-7,10H,2,5,8-9,11-12H2,1H3. The molecule has 0 unspecified atom stereocenters. The normalized spacial score (nSPS) is 15.0. The van der Waals surface area contributed by atoms with E-state index >= 15 is 0 Å². The molecule has 0 radical (unpaired) electrons. The fourth-order valence-corrected chi connectivity index (χ4v) is 2.96. The SMILES string of the molecule is CCCc1ncc2c(n1)CCN(Cc1ccccc1Cl)C2. The first kappa shape index (κ1) is 14.5. The largest absolute Gasteiger partial charge is 0.294 e. The Balaban J connectivity index is 1.71. The maximum Gasteiger partial charge on any atom is 0.128 e. The topological polar surface area (TPSA) is 29.0 Å². The molecule has 1 aromatic heterocycles. The number of fused-ring (bicyclic) bond motifs is 1. The van der Waals surface area contributed by atoms with Gasteiger partial charge in [-0.2, -0.15) is 0 Å². The van der Waals surface area contributed by atoms with E-state index in [1.54, 1.807) is 0 Å². The van der Waals surface area contributed by atoms with Gasteiger partial charge in [0.15, 0.2) is 0 Å². The van der Waals surface area contributed by atoms with Gasteiger partial charge >= 0.3 is 0 Å². The number of aryl methyl sites for hydroxylation is 1. The molecule has 0 amide bonds. The summed E-state index contributed by atoms with van der Waals surface area (Å²) in [6, 6.07) is 8.06. The van der Waals surface area contributed by atoms with Gasteiger partial charge in [-0.05, 0) is 18.1 Å². The second kappa shape index (κ2) is 6.54. The van der Waals surface area contributed by atoms with E-state index in [4.69, 9.17) is 16.6 Å². The van der Waals surface area contributed by atoms with Gasteiger partial charge in [-0.1, -0.05) is 36.7 Å². The molecular formula is C17H20ClN3. The van der Waals surface area contributed by atoms with E-state index in [0.29, 0.717) is 0 Å². The Kier molecular flexibility index (Phi) is 4.51. The van der Waals surface area contributed by atoms with Crippen LogP contribution in [-0.4, -0.2) is 21.4 Å². The number of benzene rings is 1. The molecule has 0 atom stereocenters. The number of aromatic nitrogens is 2. The van der Waals surface area contributed by atoms with Crippen molar-refractivity contribution >= 4 is 11.6 Å². The van der Waals surface area contributed by atoms with Gasteiger partial charge in [-0.15, -0.1) is 0 Å². The van der Waals surface area contributed by atoms with Crippen molar-refractivity contribution in [3.63, 3.8) is 0 Å². The molecule has 4 heteroatoms. The number of halogens is 1. The zero-order chi connectivity index (χ0) is 14.7. The molecule has 2 aromatic rings. The number of hydrogen-bond donors (Lipinski definition) is 0. The van der Waals surface area contributed by atoms with Crippen LogP contribution < -0.4 is 0 Å². The third kappa shape index (κ3) is 3.42. The molecule has 0 bridgehead atoms. The van der Waals surface area contributed by atoms with Crippen molar-refractivity contribution in [3.8, 4) is 0 Å². The van der Waals surface area contributed by atoms with E-state index in [0.717, 1.165) is 49.7 Å². The lowest BCUT2D eigenvalue weighted by molar-refractivity contribution is 0.242. The molecule has 110 valence electrons. The van der Waals surface area contributed by atoms with E-state index in [1.807, 2.05) is 24.4 Å². The van der Waals surface area contributed by atoms with Gasteiger partial charge in [-0.3, -0.25) is 4.90 Å². The van der Waals surface area contributed by atoms with Crippen molar-refractivity contribution in [1.29, 1.82) is 0 Å². The summed E-state index contributed by atoms with van der Waals surface area (Å²) in [5, 5.41) is 0.845. The van der Waals surface area contributed by atoms with E-state index < -0.39 is 0 Å². The molecule has 1 aliphatic rings. The summed E-state index contributed by atoms with van der Waals surface area (Å²) in [5.74, 6) is 0.982.